The fourth-order valence-corrected chi connectivity index (χ4v) is 2.89. The minimum Gasteiger partial charge on any atom is -0.468 e. The molecule has 2 N–H and O–H groups in total. The van der Waals surface area contributed by atoms with E-state index in [9.17, 15) is 5.11 Å². The van der Waals surface area contributed by atoms with Crippen LogP contribution in [0.2, 0.25) is 0 Å². The van der Waals surface area contributed by atoms with Gasteiger partial charge in [-0.3, -0.25) is 5.32 Å². The molecule has 0 aliphatic heterocycles. The summed E-state index contributed by atoms with van der Waals surface area (Å²) in [5, 5.41) is 26.4. The van der Waals surface area contributed by atoms with E-state index in [1.165, 1.54) is 0 Å². The van der Waals surface area contributed by atoms with Crippen LogP contribution in [0.4, 0.5) is 0 Å². The monoisotopic (exact) mass is 336 g/mol. The van der Waals surface area contributed by atoms with Gasteiger partial charge in [-0.15, -0.1) is 0 Å². The molecule has 0 saturated heterocycles. The average molecular weight is 336 g/mol. The summed E-state index contributed by atoms with van der Waals surface area (Å²) >= 11 is 0. The lowest BCUT2D eigenvalue weighted by atomic mass is 10.1. The van der Waals surface area contributed by atoms with Gasteiger partial charge >= 0.3 is 0 Å². The summed E-state index contributed by atoms with van der Waals surface area (Å²) in [7, 11) is 0. The van der Waals surface area contributed by atoms with E-state index in [4.69, 9.17) is 9.68 Å². The molecule has 6 nitrogen and oxygen atoms in total. The molecule has 0 bridgehead atoms. The molecular formula is C19H20N4O2. The van der Waals surface area contributed by atoms with Crippen LogP contribution >= 0.6 is 0 Å². The number of benzene rings is 1. The van der Waals surface area contributed by atoms with E-state index in [1.807, 2.05) is 42.9 Å². The second kappa shape index (κ2) is 7.34. The summed E-state index contributed by atoms with van der Waals surface area (Å²) in [6, 6.07) is 12.8. The number of hydrogen-bond donors (Lipinski definition) is 2. The van der Waals surface area contributed by atoms with Gasteiger partial charge in [-0.25, -0.2) is 4.68 Å². The maximum absolute atomic E-state index is 9.63. The standard InChI is InChI=1S/C19H20N4O2/c1-13(22-18(12-24)19-4-3-9-25-19)17-11-21-23(14(17)2)16-7-5-15(10-20)6-8-16/h3-9,11,13,18,22,24H,12H2,1-2H3. The van der Waals surface area contributed by atoms with Crippen molar-refractivity contribution < 1.29 is 9.52 Å². The summed E-state index contributed by atoms with van der Waals surface area (Å²) < 4.78 is 7.22. The second-order valence-electron chi connectivity index (χ2n) is 5.89. The Morgan fingerprint density at radius 3 is 2.68 bits per heavy atom. The molecule has 0 saturated carbocycles. The lowest BCUT2D eigenvalue weighted by Gasteiger charge is -2.20. The topological polar surface area (TPSA) is 87.0 Å². The molecule has 6 heteroatoms. The van der Waals surface area contributed by atoms with Crippen molar-refractivity contribution in [2.45, 2.75) is 25.9 Å². The van der Waals surface area contributed by atoms with Gasteiger partial charge in [0.25, 0.3) is 0 Å². The molecule has 0 amide bonds. The van der Waals surface area contributed by atoms with Gasteiger partial charge in [-0.05, 0) is 50.2 Å². The maximum Gasteiger partial charge on any atom is 0.123 e. The first kappa shape index (κ1) is 17.0. The van der Waals surface area contributed by atoms with E-state index in [2.05, 4.69) is 16.5 Å². The quantitative estimate of drug-likeness (QED) is 0.722. The zero-order valence-electron chi connectivity index (χ0n) is 14.2. The number of aliphatic hydroxyl groups excluding tert-OH is 1. The Hall–Kier alpha value is -2.88. The van der Waals surface area contributed by atoms with Gasteiger partial charge in [0.2, 0.25) is 0 Å². The highest BCUT2D eigenvalue weighted by Gasteiger charge is 2.20. The van der Waals surface area contributed by atoms with E-state index >= 15 is 0 Å². The summed E-state index contributed by atoms with van der Waals surface area (Å²) in [4.78, 5) is 0. The highest BCUT2D eigenvalue weighted by molar-refractivity contribution is 5.41. The predicted octanol–water partition coefficient (Wildman–Crippen LogP) is 3.03. The molecule has 2 aromatic heterocycles. The molecule has 0 radical (unpaired) electrons. The van der Waals surface area contributed by atoms with Gasteiger partial charge < -0.3 is 9.52 Å². The molecule has 0 spiro atoms. The van der Waals surface area contributed by atoms with Crippen molar-refractivity contribution in [3.05, 3.63) is 71.4 Å². The third-order valence-corrected chi connectivity index (χ3v) is 4.28. The number of hydrogen-bond acceptors (Lipinski definition) is 5. The Bertz CT molecular complexity index is 860. The summed E-state index contributed by atoms with van der Waals surface area (Å²) in [5.74, 6) is 0.700. The molecule has 2 atom stereocenters. The number of nitrogens with zero attached hydrogens (tertiary/aromatic N) is 3. The molecule has 3 rings (SSSR count). The van der Waals surface area contributed by atoms with Gasteiger partial charge in [0.15, 0.2) is 0 Å². The Balaban J connectivity index is 1.81. The number of furan rings is 1. The van der Waals surface area contributed by atoms with E-state index < -0.39 is 0 Å². The summed E-state index contributed by atoms with van der Waals surface area (Å²) in [6.07, 6.45) is 3.42. The molecular weight excluding hydrogens is 316 g/mol. The lowest BCUT2D eigenvalue weighted by molar-refractivity contribution is 0.217. The first-order chi connectivity index (χ1) is 12.1. The normalized spacial score (nSPS) is 13.4. The maximum atomic E-state index is 9.63. The van der Waals surface area contributed by atoms with Crippen molar-refractivity contribution in [1.29, 1.82) is 5.26 Å². The Morgan fingerprint density at radius 1 is 1.32 bits per heavy atom. The number of rotatable bonds is 6. The van der Waals surface area contributed by atoms with Crippen LogP contribution in [-0.4, -0.2) is 21.5 Å². The predicted molar refractivity (Wildman–Crippen MR) is 93.1 cm³/mol. The average Bonchev–Trinajstić information content (AvgIpc) is 3.29. The van der Waals surface area contributed by atoms with Crippen molar-refractivity contribution in [2.75, 3.05) is 6.61 Å². The highest BCUT2D eigenvalue weighted by Crippen LogP contribution is 2.24. The first-order valence-electron chi connectivity index (χ1n) is 8.09. The Labute approximate surface area is 146 Å². The zero-order valence-corrected chi connectivity index (χ0v) is 14.2. The SMILES string of the molecule is Cc1c(C(C)NC(CO)c2ccco2)cnn1-c1ccc(C#N)cc1. The Kier molecular flexibility index (Phi) is 4.98. The minimum atomic E-state index is -0.275. The third kappa shape index (κ3) is 3.48. The van der Waals surface area contributed by atoms with Crippen LogP contribution in [0.15, 0.2) is 53.3 Å². The molecule has 3 aromatic rings. The van der Waals surface area contributed by atoms with E-state index in [0.717, 1.165) is 16.9 Å². The van der Waals surface area contributed by atoms with Crippen LogP contribution in [0.25, 0.3) is 5.69 Å². The largest absolute Gasteiger partial charge is 0.468 e. The minimum absolute atomic E-state index is 0.0191. The van der Waals surface area contributed by atoms with E-state index in [0.29, 0.717) is 11.3 Å². The van der Waals surface area contributed by atoms with Gasteiger partial charge in [-0.2, -0.15) is 10.4 Å². The first-order valence-corrected chi connectivity index (χ1v) is 8.09. The van der Waals surface area contributed by atoms with Crippen LogP contribution in [0.5, 0.6) is 0 Å². The van der Waals surface area contributed by atoms with Gasteiger partial charge in [0.05, 0.1) is 42.4 Å². The molecule has 128 valence electrons. The van der Waals surface area contributed by atoms with Crippen molar-refractivity contribution >= 4 is 0 Å². The van der Waals surface area contributed by atoms with Crippen LogP contribution in [0, 0.1) is 18.3 Å². The van der Waals surface area contributed by atoms with Crippen molar-refractivity contribution in [3.8, 4) is 11.8 Å². The number of aromatic nitrogens is 2. The molecule has 2 heterocycles. The van der Waals surface area contributed by atoms with Crippen LogP contribution in [-0.2, 0) is 0 Å². The Morgan fingerprint density at radius 2 is 2.08 bits per heavy atom. The van der Waals surface area contributed by atoms with Gasteiger partial charge in [-0.1, -0.05) is 0 Å². The van der Waals surface area contributed by atoms with E-state index in [-0.39, 0.29) is 18.7 Å². The number of nitrogens with one attached hydrogen (secondary N) is 1. The summed E-state index contributed by atoms with van der Waals surface area (Å²) in [6.45, 7) is 3.97. The van der Waals surface area contributed by atoms with Crippen LogP contribution in [0.1, 0.15) is 41.6 Å². The zero-order chi connectivity index (χ0) is 17.8. The van der Waals surface area contributed by atoms with Crippen molar-refractivity contribution in [1.82, 2.24) is 15.1 Å². The summed E-state index contributed by atoms with van der Waals surface area (Å²) in [5.41, 5.74) is 3.56. The molecule has 0 fully saturated rings. The fraction of sp³-hybridized carbons (Fsp3) is 0.263. The van der Waals surface area contributed by atoms with Crippen LogP contribution in [0.3, 0.4) is 0 Å². The fourth-order valence-electron chi connectivity index (χ4n) is 2.89. The molecule has 1 aromatic carbocycles. The number of nitriles is 1. The molecule has 0 aliphatic carbocycles. The van der Waals surface area contributed by atoms with Crippen LogP contribution < -0.4 is 5.32 Å². The van der Waals surface area contributed by atoms with Gasteiger partial charge in [0, 0.05) is 17.3 Å². The lowest BCUT2D eigenvalue weighted by Crippen LogP contribution is -2.27. The number of aliphatic hydroxyl groups is 1. The molecule has 0 aliphatic rings. The molecule has 25 heavy (non-hydrogen) atoms. The highest BCUT2D eigenvalue weighted by atomic mass is 16.3. The van der Waals surface area contributed by atoms with Gasteiger partial charge in [0.1, 0.15) is 5.76 Å². The third-order valence-electron chi connectivity index (χ3n) is 4.28. The smallest absolute Gasteiger partial charge is 0.123 e. The van der Waals surface area contributed by atoms with Crippen molar-refractivity contribution in [3.63, 3.8) is 0 Å². The van der Waals surface area contributed by atoms with E-state index in [1.54, 1.807) is 24.5 Å². The second-order valence-corrected chi connectivity index (χ2v) is 5.89. The van der Waals surface area contributed by atoms with Crippen molar-refractivity contribution in [2.24, 2.45) is 0 Å². The molecule has 2 unspecified atom stereocenters.